The highest BCUT2D eigenvalue weighted by atomic mass is 15.1. The minimum absolute atomic E-state index is 1.07. The van der Waals surface area contributed by atoms with Gasteiger partial charge < -0.3 is 10.2 Å². The molecule has 1 heterocycles. The van der Waals surface area contributed by atoms with Crippen LogP contribution in [0, 0.1) is 0 Å². The van der Waals surface area contributed by atoms with Gasteiger partial charge in [0.15, 0.2) is 0 Å². The molecule has 0 aliphatic carbocycles. The second kappa shape index (κ2) is 10.2. The van der Waals surface area contributed by atoms with Crippen molar-refractivity contribution in [2.45, 2.75) is 47.0 Å². The molecule has 0 fully saturated rings. The molecule has 1 N–H and O–H groups in total. The molecule has 0 bridgehead atoms. The third-order valence-electron chi connectivity index (χ3n) is 4.22. The van der Waals surface area contributed by atoms with Crippen molar-refractivity contribution in [2.24, 2.45) is 0 Å². The van der Waals surface area contributed by atoms with E-state index in [1.807, 2.05) is 33.0 Å². The Bertz CT molecular complexity index is 496. The quantitative estimate of drug-likeness (QED) is 0.627. The number of hydrogen-bond acceptors (Lipinski definition) is 2. The lowest BCUT2D eigenvalue weighted by Gasteiger charge is -2.27. The first-order valence-electron chi connectivity index (χ1n) is 8.39. The monoisotopic (exact) mass is 300 g/mol. The minimum Gasteiger partial charge on any atom is -0.345 e. The zero-order valence-corrected chi connectivity index (χ0v) is 14.9. The van der Waals surface area contributed by atoms with Crippen LogP contribution in [0.3, 0.4) is 0 Å². The highest BCUT2D eigenvalue weighted by Crippen LogP contribution is 2.31. The number of anilines is 1. The average Bonchev–Trinajstić information content (AvgIpc) is 2.67. The van der Waals surface area contributed by atoms with E-state index in [0.29, 0.717) is 0 Å². The molecule has 1 aromatic carbocycles. The Morgan fingerprint density at radius 1 is 1.09 bits per heavy atom. The maximum Gasteiger partial charge on any atom is 0.0440 e. The van der Waals surface area contributed by atoms with Crippen molar-refractivity contribution in [1.29, 1.82) is 0 Å². The highest BCUT2D eigenvalue weighted by Gasteiger charge is 2.17. The summed E-state index contributed by atoms with van der Waals surface area (Å²) in [5.41, 5.74) is 5.85. The molecule has 22 heavy (non-hydrogen) atoms. The van der Waals surface area contributed by atoms with Crippen LogP contribution in [0.25, 0.3) is 0 Å². The van der Waals surface area contributed by atoms with Crippen LogP contribution in [0.5, 0.6) is 0 Å². The molecule has 0 amide bonds. The molecule has 1 aromatic rings. The maximum absolute atomic E-state index is 3.23. The standard InChI is InChI=1S/C16H24N2.C4H8/c1-13-9-10-15-7-4-5-8-16(15)18(14(13)2)12-6-11-17-3;1-3-4-2/h4-5,7-8,17H,6,9-12H2,1-3H3;3-4H,1-2H3/b;4-3-. The largest absolute Gasteiger partial charge is 0.345 e. The van der Waals surface area contributed by atoms with Gasteiger partial charge in [-0.1, -0.05) is 35.9 Å². The predicted octanol–water partition coefficient (Wildman–Crippen LogP) is 4.93. The average molecular weight is 300 g/mol. The van der Waals surface area contributed by atoms with E-state index in [4.69, 9.17) is 0 Å². The Morgan fingerprint density at radius 3 is 2.41 bits per heavy atom. The van der Waals surface area contributed by atoms with Gasteiger partial charge in [0.25, 0.3) is 0 Å². The fraction of sp³-hybridized carbons (Fsp3) is 0.500. The second-order valence-electron chi connectivity index (χ2n) is 5.77. The second-order valence-corrected chi connectivity index (χ2v) is 5.77. The third kappa shape index (κ3) is 5.34. The summed E-state index contributed by atoms with van der Waals surface area (Å²) in [6.45, 7) is 10.7. The van der Waals surface area contributed by atoms with Gasteiger partial charge in [0.1, 0.15) is 0 Å². The van der Waals surface area contributed by atoms with Gasteiger partial charge in [0.2, 0.25) is 0 Å². The summed E-state index contributed by atoms with van der Waals surface area (Å²) < 4.78 is 0. The lowest BCUT2D eigenvalue weighted by Crippen LogP contribution is -2.25. The zero-order chi connectivity index (χ0) is 16.4. The van der Waals surface area contributed by atoms with E-state index in [9.17, 15) is 0 Å². The first-order chi connectivity index (χ1) is 10.7. The van der Waals surface area contributed by atoms with Crippen molar-refractivity contribution < 1.29 is 0 Å². The number of aryl methyl sites for hydroxylation is 1. The van der Waals surface area contributed by atoms with Crippen LogP contribution in [0.4, 0.5) is 5.69 Å². The summed E-state index contributed by atoms with van der Waals surface area (Å²) in [6.07, 6.45) is 7.53. The Kier molecular flexibility index (Phi) is 8.61. The molecule has 2 heteroatoms. The molecule has 0 saturated heterocycles. The number of allylic oxidation sites excluding steroid dienone is 4. The fourth-order valence-corrected chi connectivity index (χ4v) is 2.60. The van der Waals surface area contributed by atoms with Crippen molar-refractivity contribution >= 4 is 5.69 Å². The van der Waals surface area contributed by atoms with E-state index in [1.54, 1.807) is 0 Å². The van der Waals surface area contributed by atoms with E-state index in [2.05, 4.69) is 48.3 Å². The van der Waals surface area contributed by atoms with E-state index >= 15 is 0 Å². The van der Waals surface area contributed by atoms with Gasteiger partial charge in [-0.25, -0.2) is 0 Å². The molecule has 1 aliphatic heterocycles. The minimum atomic E-state index is 1.07. The molecule has 122 valence electrons. The van der Waals surface area contributed by atoms with Crippen LogP contribution >= 0.6 is 0 Å². The normalized spacial score (nSPS) is 14.5. The molecule has 2 nitrogen and oxygen atoms in total. The first kappa shape index (κ1) is 18.5. The fourth-order valence-electron chi connectivity index (χ4n) is 2.60. The maximum atomic E-state index is 3.23. The summed E-state index contributed by atoms with van der Waals surface area (Å²) in [4.78, 5) is 2.50. The number of para-hydroxylation sites is 1. The number of benzene rings is 1. The molecule has 2 rings (SSSR count). The van der Waals surface area contributed by atoms with E-state index < -0.39 is 0 Å². The van der Waals surface area contributed by atoms with Crippen LogP contribution in [-0.2, 0) is 6.42 Å². The van der Waals surface area contributed by atoms with E-state index in [1.165, 1.54) is 41.8 Å². The molecular weight excluding hydrogens is 268 g/mol. The van der Waals surface area contributed by atoms with Gasteiger partial charge in [0.05, 0.1) is 0 Å². The SMILES string of the molecule is C/C=C\C.CNCCCN1C(C)=C(C)CCc2ccccc21. The van der Waals surface area contributed by atoms with Gasteiger partial charge in [-0.05, 0) is 72.2 Å². The zero-order valence-electron chi connectivity index (χ0n) is 14.9. The number of nitrogens with one attached hydrogen (secondary N) is 1. The molecule has 0 saturated carbocycles. The summed E-state index contributed by atoms with van der Waals surface area (Å²) >= 11 is 0. The van der Waals surface area contributed by atoms with E-state index in [0.717, 1.165) is 13.1 Å². The Hall–Kier alpha value is -1.54. The summed E-state index contributed by atoms with van der Waals surface area (Å²) in [5, 5.41) is 3.23. The van der Waals surface area contributed by atoms with Gasteiger partial charge in [-0.15, -0.1) is 0 Å². The highest BCUT2D eigenvalue weighted by molar-refractivity contribution is 5.59. The molecular formula is C20H32N2. The van der Waals surface area contributed by atoms with Gasteiger partial charge >= 0.3 is 0 Å². The molecule has 0 aromatic heterocycles. The molecule has 0 radical (unpaired) electrons. The van der Waals surface area contributed by atoms with Crippen LogP contribution in [0.1, 0.15) is 46.1 Å². The summed E-state index contributed by atoms with van der Waals surface area (Å²) in [7, 11) is 2.02. The number of hydrogen-bond donors (Lipinski definition) is 1. The van der Waals surface area contributed by atoms with Crippen molar-refractivity contribution in [3.63, 3.8) is 0 Å². The summed E-state index contributed by atoms with van der Waals surface area (Å²) in [5.74, 6) is 0. The molecule has 0 unspecified atom stereocenters. The number of fused-ring (bicyclic) bond motifs is 1. The van der Waals surface area contributed by atoms with Gasteiger partial charge in [-0.3, -0.25) is 0 Å². The Labute approximate surface area is 136 Å². The lowest BCUT2D eigenvalue weighted by molar-refractivity contribution is 0.711. The van der Waals surface area contributed by atoms with E-state index in [-0.39, 0.29) is 0 Å². The molecule has 0 atom stereocenters. The van der Waals surface area contributed by atoms with Crippen LogP contribution in [0.15, 0.2) is 47.7 Å². The topological polar surface area (TPSA) is 15.3 Å². The van der Waals surface area contributed by atoms with Crippen LogP contribution in [-0.4, -0.2) is 20.1 Å². The Balaban J connectivity index is 0.000000541. The van der Waals surface area contributed by atoms with Crippen molar-refractivity contribution in [3.8, 4) is 0 Å². The van der Waals surface area contributed by atoms with Gasteiger partial charge in [-0.2, -0.15) is 0 Å². The van der Waals surface area contributed by atoms with Crippen LogP contribution < -0.4 is 10.2 Å². The smallest absolute Gasteiger partial charge is 0.0440 e. The van der Waals surface area contributed by atoms with Crippen molar-refractivity contribution in [3.05, 3.63) is 53.3 Å². The summed E-state index contributed by atoms with van der Waals surface area (Å²) in [6, 6.07) is 8.83. The molecule has 0 spiro atoms. The van der Waals surface area contributed by atoms with Gasteiger partial charge in [0, 0.05) is 17.9 Å². The number of rotatable bonds is 4. The number of nitrogens with zero attached hydrogens (tertiary/aromatic N) is 1. The third-order valence-corrected chi connectivity index (χ3v) is 4.22. The van der Waals surface area contributed by atoms with Crippen molar-refractivity contribution in [1.82, 2.24) is 5.32 Å². The van der Waals surface area contributed by atoms with Crippen LogP contribution in [0.2, 0.25) is 0 Å². The van der Waals surface area contributed by atoms with Crippen molar-refractivity contribution in [2.75, 3.05) is 25.0 Å². The lowest BCUT2D eigenvalue weighted by atomic mass is 10.1. The first-order valence-corrected chi connectivity index (χ1v) is 8.39. The Morgan fingerprint density at radius 2 is 1.77 bits per heavy atom. The predicted molar refractivity (Wildman–Crippen MR) is 99.5 cm³/mol. The molecule has 1 aliphatic rings.